The monoisotopic (exact) mass is 795 g/mol. The zero-order chi connectivity index (χ0) is 39.1. The molecular formula is C44H93NO6PS+. The Hall–Kier alpha value is 0.340. The predicted octanol–water partition coefficient (Wildman–Crippen LogP) is 14.0. The van der Waals surface area contributed by atoms with E-state index in [1.165, 1.54) is 186 Å². The van der Waals surface area contributed by atoms with Crippen molar-refractivity contribution >= 4 is 20.5 Å². The Morgan fingerprint density at radius 2 is 0.830 bits per heavy atom. The van der Waals surface area contributed by atoms with E-state index in [9.17, 15) is 9.46 Å². The molecule has 3 atom stereocenters. The number of unbranched alkanes of at least 4 members (excludes halogenated alkanes) is 30. The number of quaternary nitrogens is 1. The maximum Gasteiger partial charge on any atom is 0.473 e. The number of rotatable bonds is 44. The van der Waals surface area contributed by atoms with Crippen LogP contribution in [0.1, 0.15) is 219 Å². The van der Waals surface area contributed by atoms with E-state index in [1.54, 1.807) is 0 Å². The van der Waals surface area contributed by atoms with Gasteiger partial charge in [-0.3, -0.25) is 9.05 Å². The van der Waals surface area contributed by atoms with Gasteiger partial charge in [-0.2, -0.15) is 0 Å². The zero-order valence-electron chi connectivity index (χ0n) is 36.1. The standard InChI is InChI=1S/C44H92NO6PS/c1-6-8-10-12-14-16-18-20-22-24-26-28-30-32-34-36-38-48-41-43(42-50-52(46,47)51-44(53)40-45(3,4)5)49-39-37-35-33-31-29-27-25-23-21-19-17-15-13-11-9-7-2/h43-44H,6-42H2,1-5H3,(H-,46,47,53)/p+1/t43-,44?/m1/s1. The molecule has 53 heavy (non-hydrogen) atoms. The summed E-state index contributed by atoms with van der Waals surface area (Å²) in [4.78, 5) is 10.3. The number of thiol groups is 1. The molecule has 0 heterocycles. The summed E-state index contributed by atoms with van der Waals surface area (Å²) in [6, 6.07) is 0. The van der Waals surface area contributed by atoms with Crippen molar-refractivity contribution in [2.45, 2.75) is 231 Å². The number of hydrogen-bond donors (Lipinski definition) is 2. The molecule has 0 bridgehead atoms. The van der Waals surface area contributed by atoms with Gasteiger partial charge >= 0.3 is 7.82 Å². The molecule has 9 heteroatoms. The van der Waals surface area contributed by atoms with Gasteiger partial charge in [0.25, 0.3) is 0 Å². The van der Waals surface area contributed by atoms with E-state index in [1.807, 2.05) is 21.1 Å². The highest BCUT2D eigenvalue weighted by Crippen LogP contribution is 2.45. The lowest BCUT2D eigenvalue weighted by atomic mass is 10.0. The molecule has 0 aromatic rings. The van der Waals surface area contributed by atoms with Crippen LogP contribution < -0.4 is 0 Å². The highest BCUT2D eigenvalue weighted by molar-refractivity contribution is 7.81. The van der Waals surface area contributed by atoms with Gasteiger partial charge in [-0.25, -0.2) is 4.57 Å². The van der Waals surface area contributed by atoms with Crippen LogP contribution in [0.2, 0.25) is 0 Å². The first kappa shape index (κ1) is 53.3. The number of likely N-dealkylation sites (N-methyl/N-ethyl adjacent to an activating group) is 1. The van der Waals surface area contributed by atoms with Gasteiger partial charge in [-0.15, -0.1) is 12.6 Å². The third kappa shape index (κ3) is 43.3. The minimum Gasteiger partial charge on any atom is -0.379 e. The van der Waals surface area contributed by atoms with E-state index in [0.717, 1.165) is 19.3 Å². The molecule has 2 unspecified atom stereocenters. The minimum atomic E-state index is -4.27. The summed E-state index contributed by atoms with van der Waals surface area (Å²) in [5, 5.41) is 0. The fourth-order valence-electron chi connectivity index (χ4n) is 6.87. The molecule has 0 aromatic carbocycles. The molecular weight excluding hydrogens is 702 g/mol. The molecule has 0 radical (unpaired) electrons. The SMILES string of the molecule is CCCCCCCCCCCCCCCCCCOC[C@H](COP(=O)(O)OC(S)C[N+](C)(C)C)OCCCCCCCCCCCCCCCCCC. The zero-order valence-corrected chi connectivity index (χ0v) is 37.9. The van der Waals surface area contributed by atoms with Gasteiger partial charge in [0, 0.05) is 13.2 Å². The van der Waals surface area contributed by atoms with Gasteiger partial charge in [0.15, 0.2) is 5.44 Å². The Bertz CT molecular complexity index is 785. The molecule has 1 N–H and O–H groups in total. The summed E-state index contributed by atoms with van der Waals surface area (Å²) in [6.45, 7) is 6.61. The third-order valence-electron chi connectivity index (χ3n) is 10.2. The number of ether oxygens (including phenoxy) is 2. The quantitative estimate of drug-likeness (QED) is 0.0210. The van der Waals surface area contributed by atoms with Crippen molar-refractivity contribution in [3.63, 3.8) is 0 Å². The van der Waals surface area contributed by atoms with Crippen molar-refractivity contribution in [3.05, 3.63) is 0 Å². The third-order valence-corrected chi connectivity index (χ3v) is 11.6. The second kappa shape index (κ2) is 39.2. The van der Waals surface area contributed by atoms with Gasteiger partial charge in [0.1, 0.15) is 12.6 Å². The molecule has 0 saturated heterocycles. The molecule has 0 aliphatic heterocycles. The molecule has 7 nitrogen and oxygen atoms in total. The fraction of sp³-hybridized carbons (Fsp3) is 1.00. The lowest BCUT2D eigenvalue weighted by molar-refractivity contribution is -0.871. The summed E-state index contributed by atoms with van der Waals surface area (Å²) >= 11 is 4.35. The first-order valence-corrected chi connectivity index (χ1v) is 24.9. The molecule has 0 aromatic heterocycles. The maximum absolute atomic E-state index is 12.6. The van der Waals surface area contributed by atoms with Crippen molar-refractivity contribution < 1.29 is 32.5 Å². The highest BCUT2D eigenvalue weighted by Gasteiger charge is 2.29. The predicted molar refractivity (Wildman–Crippen MR) is 232 cm³/mol. The fourth-order valence-corrected chi connectivity index (χ4v) is 8.51. The second-order valence-corrected chi connectivity index (χ2v) is 19.0. The van der Waals surface area contributed by atoms with E-state index in [2.05, 4.69) is 26.5 Å². The van der Waals surface area contributed by atoms with Crippen molar-refractivity contribution in [2.24, 2.45) is 0 Å². The lowest BCUT2D eigenvalue weighted by Crippen LogP contribution is -2.40. The number of nitrogens with zero attached hydrogens (tertiary/aromatic N) is 1. The number of phosphoric acid groups is 1. The van der Waals surface area contributed by atoms with Gasteiger partial charge in [0.05, 0.1) is 34.4 Å². The van der Waals surface area contributed by atoms with Crippen LogP contribution in [-0.4, -0.2) is 75.0 Å². The van der Waals surface area contributed by atoms with E-state index >= 15 is 0 Å². The highest BCUT2D eigenvalue weighted by atomic mass is 32.1. The molecule has 0 amide bonds. The van der Waals surface area contributed by atoms with Crippen LogP contribution in [0.3, 0.4) is 0 Å². The Morgan fingerprint density at radius 3 is 1.17 bits per heavy atom. The average Bonchev–Trinajstić information content (AvgIpc) is 3.09. The van der Waals surface area contributed by atoms with Crippen LogP contribution in [0.4, 0.5) is 0 Å². The molecule has 0 saturated carbocycles. The van der Waals surface area contributed by atoms with E-state index in [0.29, 0.717) is 30.8 Å². The average molecular weight is 795 g/mol. The van der Waals surface area contributed by atoms with E-state index < -0.39 is 19.4 Å². The smallest absolute Gasteiger partial charge is 0.379 e. The normalized spacial score (nSPS) is 14.5. The summed E-state index contributed by atoms with van der Waals surface area (Å²) in [7, 11) is 1.68. The van der Waals surface area contributed by atoms with Gasteiger partial charge in [-0.1, -0.05) is 206 Å². The molecule has 0 rings (SSSR count). The van der Waals surface area contributed by atoms with Gasteiger partial charge in [0.2, 0.25) is 0 Å². The van der Waals surface area contributed by atoms with E-state index in [4.69, 9.17) is 18.5 Å². The Labute approximate surface area is 336 Å². The molecule has 320 valence electrons. The topological polar surface area (TPSA) is 74.2 Å². The van der Waals surface area contributed by atoms with Crippen LogP contribution in [0.15, 0.2) is 0 Å². The van der Waals surface area contributed by atoms with Crippen molar-refractivity contribution in [3.8, 4) is 0 Å². The van der Waals surface area contributed by atoms with Crippen LogP contribution in [0.25, 0.3) is 0 Å². The van der Waals surface area contributed by atoms with E-state index in [-0.39, 0.29) is 6.61 Å². The van der Waals surface area contributed by atoms with Crippen LogP contribution in [0, 0.1) is 0 Å². The summed E-state index contributed by atoms with van der Waals surface area (Å²) in [5.41, 5.74) is -0.707. The van der Waals surface area contributed by atoms with Crippen LogP contribution in [0.5, 0.6) is 0 Å². The first-order valence-electron chi connectivity index (χ1n) is 22.9. The Balaban J connectivity index is 4.12. The summed E-state index contributed by atoms with van der Waals surface area (Å²) in [6.07, 6.45) is 42.5. The molecule has 0 aliphatic carbocycles. The first-order chi connectivity index (χ1) is 25.6. The Kier molecular flexibility index (Phi) is 39.4. The van der Waals surface area contributed by atoms with Crippen molar-refractivity contribution in [1.29, 1.82) is 0 Å². The van der Waals surface area contributed by atoms with Crippen LogP contribution >= 0.6 is 20.5 Å². The summed E-state index contributed by atoms with van der Waals surface area (Å²) < 4.78 is 36.0. The van der Waals surface area contributed by atoms with Crippen molar-refractivity contribution in [2.75, 3.05) is 54.1 Å². The minimum absolute atomic E-state index is 0.0452. The second-order valence-electron chi connectivity index (χ2n) is 17.0. The maximum atomic E-state index is 12.6. The molecule has 0 spiro atoms. The van der Waals surface area contributed by atoms with Gasteiger partial charge < -0.3 is 18.9 Å². The Morgan fingerprint density at radius 1 is 0.509 bits per heavy atom. The van der Waals surface area contributed by atoms with Crippen molar-refractivity contribution in [1.82, 2.24) is 0 Å². The van der Waals surface area contributed by atoms with Crippen LogP contribution in [-0.2, 0) is 23.1 Å². The summed E-state index contributed by atoms with van der Waals surface area (Å²) in [5.74, 6) is 0. The largest absolute Gasteiger partial charge is 0.473 e. The number of phosphoric ester groups is 1. The van der Waals surface area contributed by atoms with Gasteiger partial charge in [-0.05, 0) is 12.8 Å². The molecule has 0 aliphatic rings. The number of hydrogen-bond acceptors (Lipinski definition) is 6. The lowest BCUT2D eigenvalue weighted by Gasteiger charge is -2.27. The molecule has 0 fully saturated rings.